The average molecular weight is 273 g/mol. The Bertz CT molecular complexity index is 557. The maximum absolute atomic E-state index is 9.33. The van der Waals surface area contributed by atoms with Crippen LogP contribution in [0.2, 0.25) is 0 Å². The summed E-state index contributed by atoms with van der Waals surface area (Å²) in [7, 11) is 0. The van der Waals surface area contributed by atoms with E-state index in [1.54, 1.807) is 12.1 Å². The van der Waals surface area contributed by atoms with Crippen LogP contribution in [0.3, 0.4) is 0 Å². The van der Waals surface area contributed by atoms with Gasteiger partial charge in [0, 0.05) is 6.92 Å². The molecule has 0 bridgehead atoms. The Morgan fingerprint density at radius 3 is 2.50 bits per heavy atom. The molecule has 1 aromatic heterocycles. The van der Waals surface area contributed by atoms with Crippen molar-refractivity contribution in [1.82, 2.24) is 15.1 Å². The number of likely N-dealkylation sites (tertiary alicyclic amines) is 1. The fourth-order valence-electron chi connectivity index (χ4n) is 2.76. The fraction of sp³-hybridized carbons (Fsp3) is 0.467. The van der Waals surface area contributed by atoms with E-state index in [4.69, 9.17) is 4.42 Å². The summed E-state index contributed by atoms with van der Waals surface area (Å²) < 4.78 is 5.42. The molecule has 0 atom stereocenters. The van der Waals surface area contributed by atoms with Crippen LogP contribution in [0.4, 0.5) is 0 Å². The first-order chi connectivity index (χ1) is 9.70. The third-order valence-electron chi connectivity index (χ3n) is 3.88. The van der Waals surface area contributed by atoms with E-state index in [2.05, 4.69) is 15.1 Å². The summed E-state index contributed by atoms with van der Waals surface area (Å²) >= 11 is 0. The van der Waals surface area contributed by atoms with Crippen molar-refractivity contribution in [2.75, 3.05) is 13.1 Å². The van der Waals surface area contributed by atoms with Gasteiger partial charge < -0.3 is 9.52 Å². The van der Waals surface area contributed by atoms with E-state index in [0.717, 1.165) is 32.5 Å². The third-order valence-corrected chi connectivity index (χ3v) is 3.88. The predicted octanol–water partition coefficient (Wildman–Crippen LogP) is 2.46. The second kappa shape index (κ2) is 5.63. The van der Waals surface area contributed by atoms with Gasteiger partial charge in [-0.1, -0.05) is 12.1 Å². The molecule has 1 N–H and O–H groups in total. The average Bonchev–Trinajstić information content (AvgIpc) is 2.86. The Morgan fingerprint density at radius 2 is 1.90 bits per heavy atom. The van der Waals surface area contributed by atoms with E-state index in [-0.39, 0.29) is 0 Å². The molecule has 1 aromatic carbocycles. The monoisotopic (exact) mass is 273 g/mol. The molecule has 1 aliphatic heterocycles. The van der Waals surface area contributed by atoms with Crippen LogP contribution in [0.25, 0.3) is 0 Å². The van der Waals surface area contributed by atoms with Crippen molar-refractivity contribution in [1.29, 1.82) is 0 Å². The SMILES string of the molecule is Cc1nnc(CN2CCC(c3ccc(O)cc3)CC2)o1. The molecule has 2 heterocycles. The number of aromatic hydroxyl groups is 1. The van der Waals surface area contributed by atoms with Crippen molar-refractivity contribution in [3.8, 4) is 5.75 Å². The van der Waals surface area contributed by atoms with Crippen LogP contribution in [0.15, 0.2) is 28.7 Å². The topological polar surface area (TPSA) is 62.4 Å². The predicted molar refractivity (Wildman–Crippen MR) is 74.4 cm³/mol. The van der Waals surface area contributed by atoms with Crippen molar-refractivity contribution in [3.63, 3.8) is 0 Å². The zero-order valence-corrected chi connectivity index (χ0v) is 11.6. The molecule has 106 valence electrons. The highest BCUT2D eigenvalue weighted by molar-refractivity contribution is 5.28. The Kier molecular flexibility index (Phi) is 3.69. The van der Waals surface area contributed by atoms with Gasteiger partial charge in [-0.25, -0.2) is 0 Å². The number of phenols is 1. The molecular weight excluding hydrogens is 254 g/mol. The van der Waals surface area contributed by atoms with Gasteiger partial charge in [0.1, 0.15) is 5.75 Å². The number of aromatic nitrogens is 2. The van der Waals surface area contributed by atoms with Crippen LogP contribution in [0, 0.1) is 6.92 Å². The lowest BCUT2D eigenvalue weighted by atomic mass is 9.89. The standard InChI is InChI=1S/C15H19N3O2/c1-11-16-17-15(20-11)10-18-8-6-13(7-9-18)12-2-4-14(19)5-3-12/h2-5,13,19H,6-10H2,1H3. The number of nitrogens with zero attached hydrogens (tertiary/aromatic N) is 3. The number of hydrogen-bond donors (Lipinski definition) is 1. The highest BCUT2D eigenvalue weighted by Crippen LogP contribution is 2.29. The largest absolute Gasteiger partial charge is 0.508 e. The molecule has 0 saturated carbocycles. The van der Waals surface area contributed by atoms with Crippen molar-refractivity contribution in [3.05, 3.63) is 41.6 Å². The summed E-state index contributed by atoms with van der Waals surface area (Å²) in [6.45, 7) is 4.62. The molecular formula is C15H19N3O2. The molecule has 0 unspecified atom stereocenters. The van der Waals surface area contributed by atoms with Gasteiger partial charge >= 0.3 is 0 Å². The lowest BCUT2D eigenvalue weighted by molar-refractivity contribution is 0.187. The minimum absolute atomic E-state index is 0.331. The van der Waals surface area contributed by atoms with E-state index in [0.29, 0.717) is 23.4 Å². The van der Waals surface area contributed by atoms with Crippen molar-refractivity contribution in [2.45, 2.75) is 32.2 Å². The number of hydrogen-bond acceptors (Lipinski definition) is 5. The summed E-state index contributed by atoms with van der Waals surface area (Å²) in [5.41, 5.74) is 1.32. The Labute approximate surface area is 118 Å². The number of phenolic OH excluding ortho intramolecular Hbond substituents is 1. The van der Waals surface area contributed by atoms with E-state index in [9.17, 15) is 5.11 Å². The highest BCUT2D eigenvalue weighted by atomic mass is 16.4. The quantitative estimate of drug-likeness (QED) is 0.930. The summed E-state index contributed by atoms with van der Waals surface area (Å²) in [6, 6.07) is 7.58. The first-order valence-corrected chi connectivity index (χ1v) is 7.01. The lowest BCUT2D eigenvalue weighted by Crippen LogP contribution is -2.32. The molecule has 1 fully saturated rings. The Morgan fingerprint density at radius 1 is 1.20 bits per heavy atom. The van der Waals surface area contributed by atoms with Gasteiger partial charge in [-0.3, -0.25) is 4.90 Å². The smallest absolute Gasteiger partial charge is 0.230 e. The summed E-state index contributed by atoms with van der Waals surface area (Å²) in [5.74, 6) is 2.23. The van der Waals surface area contributed by atoms with Crippen LogP contribution in [-0.2, 0) is 6.54 Å². The third kappa shape index (κ3) is 2.99. The van der Waals surface area contributed by atoms with Crippen molar-refractivity contribution >= 4 is 0 Å². The number of piperidine rings is 1. The molecule has 1 aliphatic rings. The molecule has 0 spiro atoms. The molecule has 0 radical (unpaired) electrons. The van der Waals surface area contributed by atoms with Gasteiger partial charge in [0.25, 0.3) is 0 Å². The molecule has 5 nitrogen and oxygen atoms in total. The Hall–Kier alpha value is -1.88. The van der Waals surface area contributed by atoms with E-state index < -0.39 is 0 Å². The zero-order chi connectivity index (χ0) is 13.9. The minimum atomic E-state index is 0.331. The normalized spacial score (nSPS) is 17.4. The summed E-state index contributed by atoms with van der Waals surface area (Å²) in [4.78, 5) is 2.35. The van der Waals surface area contributed by atoms with Gasteiger partial charge in [0.15, 0.2) is 0 Å². The molecule has 0 aliphatic carbocycles. The molecule has 5 heteroatoms. The van der Waals surface area contributed by atoms with E-state index in [1.807, 2.05) is 19.1 Å². The van der Waals surface area contributed by atoms with Crippen LogP contribution in [0.5, 0.6) is 5.75 Å². The van der Waals surface area contributed by atoms with Crippen LogP contribution in [-0.4, -0.2) is 33.3 Å². The molecule has 1 saturated heterocycles. The number of aryl methyl sites for hydroxylation is 1. The van der Waals surface area contributed by atoms with Crippen molar-refractivity contribution < 1.29 is 9.52 Å². The van der Waals surface area contributed by atoms with Gasteiger partial charge in [-0.15, -0.1) is 10.2 Å². The van der Waals surface area contributed by atoms with Gasteiger partial charge in [-0.05, 0) is 49.5 Å². The Balaban J connectivity index is 1.55. The summed E-state index contributed by atoms with van der Waals surface area (Å²) in [6.07, 6.45) is 2.25. The van der Waals surface area contributed by atoms with E-state index >= 15 is 0 Å². The number of benzene rings is 1. The van der Waals surface area contributed by atoms with Crippen LogP contribution < -0.4 is 0 Å². The molecule has 0 amide bonds. The zero-order valence-electron chi connectivity index (χ0n) is 11.6. The van der Waals surface area contributed by atoms with Crippen LogP contribution >= 0.6 is 0 Å². The molecule has 20 heavy (non-hydrogen) atoms. The van der Waals surface area contributed by atoms with Gasteiger partial charge in [0.2, 0.25) is 11.8 Å². The van der Waals surface area contributed by atoms with Gasteiger partial charge in [-0.2, -0.15) is 0 Å². The fourth-order valence-corrected chi connectivity index (χ4v) is 2.76. The molecule has 3 rings (SSSR count). The van der Waals surface area contributed by atoms with Crippen LogP contribution in [0.1, 0.15) is 36.1 Å². The summed E-state index contributed by atoms with van der Waals surface area (Å²) in [5, 5.41) is 17.2. The minimum Gasteiger partial charge on any atom is -0.508 e. The van der Waals surface area contributed by atoms with Gasteiger partial charge in [0.05, 0.1) is 6.54 Å². The number of rotatable bonds is 3. The highest BCUT2D eigenvalue weighted by Gasteiger charge is 2.21. The van der Waals surface area contributed by atoms with E-state index in [1.165, 1.54) is 5.56 Å². The maximum Gasteiger partial charge on any atom is 0.230 e. The first-order valence-electron chi connectivity index (χ1n) is 7.01. The molecule has 2 aromatic rings. The van der Waals surface area contributed by atoms with Crippen molar-refractivity contribution in [2.24, 2.45) is 0 Å². The second-order valence-corrected chi connectivity index (χ2v) is 5.36. The second-order valence-electron chi connectivity index (χ2n) is 5.36. The lowest BCUT2D eigenvalue weighted by Gasteiger charge is -2.31. The maximum atomic E-state index is 9.33. The first kappa shape index (κ1) is 13.1.